The van der Waals surface area contributed by atoms with Crippen LogP contribution in [0.2, 0.25) is 5.02 Å². The molecule has 0 unspecified atom stereocenters. The number of halogens is 1. The Bertz CT molecular complexity index is 1950. The number of rotatable bonds is 6. The largest absolute Gasteiger partial charge is 0.497 e. The van der Waals surface area contributed by atoms with E-state index < -0.39 is 6.04 Å². The molecule has 0 radical (unpaired) electrons. The molecule has 0 fully saturated rings. The molecule has 0 saturated heterocycles. The number of ether oxygens (including phenoxy) is 1. The molecule has 9 heteroatoms. The molecule has 0 saturated carbocycles. The molecule has 1 aliphatic heterocycles. The summed E-state index contributed by atoms with van der Waals surface area (Å²) in [7, 11) is 1.60. The topological polar surface area (TPSA) is 77.6 Å². The van der Waals surface area contributed by atoms with Crippen molar-refractivity contribution in [3.63, 3.8) is 0 Å². The van der Waals surface area contributed by atoms with Gasteiger partial charge in [0, 0.05) is 28.3 Å². The van der Waals surface area contributed by atoms with Gasteiger partial charge in [-0.05, 0) is 79.2 Å². The molecule has 5 aromatic rings. The zero-order chi connectivity index (χ0) is 28.5. The summed E-state index contributed by atoms with van der Waals surface area (Å²) in [5.41, 5.74) is 3.92. The average Bonchev–Trinajstić information content (AvgIpc) is 3.57. The van der Waals surface area contributed by atoms with E-state index in [1.54, 1.807) is 18.6 Å². The Morgan fingerprint density at radius 1 is 1.00 bits per heavy atom. The van der Waals surface area contributed by atoms with E-state index in [2.05, 4.69) is 5.32 Å². The second-order valence-electron chi connectivity index (χ2n) is 9.45. The van der Waals surface area contributed by atoms with Crippen molar-refractivity contribution in [2.75, 3.05) is 12.4 Å². The molecule has 0 spiro atoms. The molecular formula is C32H25ClN4O3S. The number of benzene rings is 3. The summed E-state index contributed by atoms with van der Waals surface area (Å²) in [6.07, 6.45) is 3.79. The molecule has 1 N–H and O–H groups in total. The minimum atomic E-state index is -0.675. The normalized spacial score (nSPS) is 14.9. The number of hydrogen-bond acceptors (Lipinski definition) is 5. The monoisotopic (exact) mass is 580 g/mol. The fourth-order valence-corrected chi connectivity index (χ4v) is 6.07. The van der Waals surface area contributed by atoms with Crippen molar-refractivity contribution in [3.8, 4) is 11.4 Å². The van der Waals surface area contributed by atoms with Crippen LogP contribution in [-0.4, -0.2) is 22.2 Å². The third-order valence-corrected chi connectivity index (χ3v) is 8.13. The van der Waals surface area contributed by atoms with Gasteiger partial charge < -0.3 is 14.6 Å². The van der Waals surface area contributed by atoms with Gasteiger partial charge in [0.15, 0.2) is 4.80 Å². The number of hydrogen-bond donors (Lipinski definition) is 1. The Labute approximate surface area is 245 Å². The Kier molecular flexibility index (Phi) is 7.17. The number of nitrogens with zero attached hydrogens (tertiary/aromatic N) is 3. The van der Waals surface area contributed by atoms with Gasteiger partial charge in [-0.25, -0.2) is 4.99 Å². The maximum absolute atomic E-state index is 14.0. The molecule has 7 nitrogen and oxygen atoms in total. The van der Waals surface area contributed by atoms with Crippen LogP contribution in [0, 0.1) is 0 Å². The number of nitrogens with one attached hydrogen (secondary N) is 1. The van der Waals surface area contributed by atoms with E-state index in [0.29, 0.717) is 37.1 Å². The second-order valence-corrected chi connectivity index (χ2v) is 10.9. The van der Waals surface area contributed by atoms with Crippen LogP contribution in [0.1, 0.15) is 24.2 Å². The van der Waals surface area contributed by atoms with E-state index in [1.165, 1.54) is 11.3 Å². The molecule has 1 aliphatic rings. The SMILES string of the molecule is COc1ccc([C@H]2C(C(=O)Nc3ccccc3)=C(C)N=c3s/c(=C/c4cccn4-c4ccc(Cl)cc4)c(=O)n32)cc1. The predicted octanol–water partition coefficient (Wildman–Crippen LogP) is 5.33. The lowest BCUT2D eigenvalue weighted by molar-refractivity contribution is -0.113. The Morgan fingerprint density at radius 2 is 1.73 bits per heavy atom. The van der Waals surface area contributed by atoms with Crippen molar-refractivity contribution in [1.82, 2.24) is 9.13 Å². The van der Waals surface area contributed by atoms with E-state index in [0.717, 1.165) is 16.9 Å². The molecule has 6 rings (SSSR count). The molecule has 0 aliphatic carbocycles. The Hall–Kier alpha value is -4.66. The van der Waals surface area contributed by atoms with Crippen molar-refractivity contribution in [2.45, 2.75) is 13.0 Å². The van der Waals surface area contributed by atoms with Gasteiger partial charge in [0.1, 0.15) is 5.75 Å². The van der Waals surface area contributed by atoms with Gasteiger partial charge in [-0.1, -0.05) is 53.3 Å². The third kappa shape index (κ3) is 5.15. The highest BCUT2D eigenvalue weighted by atomic mass is 35.5. The van der Waals surface area contributed by atoms with Gasteiger partial charge in [0.2, 0.25) is 0 Å². The summed E-state index contributed by atoms with van der Waals surface area (Å²) in [6, 6.07) is 27.3. The van der Waals surface area contributed by atoms with Gasteiger partial charge in [-0.15, -0.1) is 0 Å². The highest BCUT2D eigenvalue weighted by molar-refractivity contribution is 7.07. The number of para-hydroxylation sites is 1. The summed E-state index contributed by atoms with van der Waals surface area (Å²) in [4.78, 5) is 33.0. The Morgan fingerprint density at radius 3 is 2.44 bits per heavy atom. The fraction of sp³-hybridized carbons (Fsp3) is 0.0938. The van der Waals surface area contributed by atoms with E-state index in [-0.39, 0.29) is 11.5 Å². The van der Waals surface area contributed by atoms with Crippen LogP contribution < -0.4 is 24.9 Å². The van der Waals surface area contributed by atoms with Crippen LogP contribution in [0.5, 0.6) is 5.75 Å². The van der Waals surface area contributed by atoms with Gasteiger partial charge in [-0.2, -0.15) is 0 Å². The number of carbonyl (C=O) groups excluding carboxylic acids is 1. The number of thiazole rings is 1. The molecule has 3 heterocycles. The smallest absolute Gasteiger partial charge is 0.271 e. The molecule has 2 aromatic heterocycles. The van der Waals surface area contributed by atoms with Crippen LogP contribution in [0.3, 0.4) is 0 Å². The van der Waals surface area contributed by atoms with Crippen molar-refractivity contribution in [1.29, 1.82) is 0 Å². The fourth-order valence-electron chi connectivity index (χ4n) is 4.92. The average molecular weight is 581 g/mol. The van der Waals surface area contributed by atoms with Crippen molar-refractivity contribution >= 4 is 40.6 Å². The first kappa shape index (κ1) is 26.6. The summed E-state index contributed by atoms with van der Waals surface area (Å²) in [5, 5.41) is 3.62. The zero-order valence-corrected chi connectivity index (χ0v) is 23.8. The summed E-state index contributed by atoms with van der Waals surface area (Å²) in [5.74, 6) is 0.365. The highest BCUT2D eigenvalue weighted by Gasteiger charge is 2.32. The number of aromatic nitrogens is 2. The maximum Gasteiger partial charge on any atom is 0.271 e. The standard InChI is InChI=1S/C32H25ClN4O3S/c1-20-28(30(38)35-23-7-4-3-5-8-23)29(21-10-16-26(40-2)17-11-21)37-31(39)27(41-32(37)34-20)19-25-9-6-18-36(25)24-14-12-22(33)13-15-24/h3-19,29H,1-2H3,(H,35,38)/b27-19+/t29-/m0/s1. The van der Waals surface area contributed by atoms with E-state index >= 15 is 0 Å². The van der Waals surface area contributed by atoms with Gasteiger partial charge in [0.05, 0.1) is 29.0 Å². The van der Waals surface area contributed by atoms with Gasteiger partial charge in [0.25, 0.3) is 11.5 Å². The van der Waals surface area contributed by atoms with E-state index in [4.69, 9.17) is 21.3 Å². The number of methoxy groups -OCH3 is 1. The van der Waals surface area contributed by atoms with E-state index in [1.807, 2.05) is 108 Å². The molecule has 3 aromatic carbocycles. The third-order valence-electron chi connectivity index (χ3n) is 6.89. The Balaban J connectivity index is 1.49. The lowest BCUT2D eigenvalue weighted by Crippen LogP contribution is -2.40. The first-order valence-electron chi connectivity index (χ1n) is 12.9. The van der Waals surface area contributed by atoms with Gasteiger partial charge in [-0.3, -0.25) is 14.2 Å². The number of amides is 1. The lowest BCUT2D eigenvalue weighted by Gasteiger charge is -2.25. The zero-order valence-electron chi connectivity index (χ0n) is 22.2. The number of fused-ring (bicyclic) bond motifs is 1. The van der Waals surface area contributed by atoms with Crippen molar-refractivity contribution < 1.29 is 9.53 Å². The van der Waals surface area contributed by atoms with Crippen LogP contribution in [-0.2, 0) is 4.79 Å². The van der Waals surface area contributed by atoms with Crippen molar-refractivity contribution in [3.05, 3.63) is 144 Å². The van der Waals surface area contributed by atoms with Crippen LogP contribution >= 0.6 is 22.9 Å². The summed E-state index contributed by atoms with van der Waals surface area (Å²) >= 11 is 7.38. The number of anilines is 1. The number of carbonyl (C=O) groups is 1. The minimum Gasteiger partial charge on any atom is -0.497 e. The van der Waals surface area contributed by atoms with Crippen molar-refractivity contribution in [2.24, 2.45) is 4.99 Å². The van der Waals surface area contributed by atoms with Crippen LogP contribution in [0.25, 0.3) is 11.8 Å². The number of allylic oxidation sites excluding steroid dienone is 1. The minimum absolute atomic E-state index is 0.226. The van der Waals surface area contributed by atoms with E-state index in [9.17, 15) is 9.59 Å². The molecular weight excluding hydrogens is 556 g/mol. The van der Waals surface area contributed by atoms with Crippen LogP contribution in [0.4, 0.5) is 5.69 Å². The first-order chi connectivity index (χ1) is 19.9. The summed E-state index contributed by atoms with van der Waals surface area (Å²) < 4.78 is 9.46. The second kappa shape index (κ2) is 11.1. The highest BCUT2D eigenvalue weighted by Crippen LogP contribution is 2.31. The molecule has 41 heavy (non-hydrogen) atoms. The molecule has 0 bridgehead atoms. The molecule has 1 amide bonds. The molecule has 1 atom stereocenters. The quantitative estimate of drug-likeness (QED) is 0.295. The maximum atomic E-state index is 14.0. The lowest BCUT2D eigenvalue weighted by atomic mass is 9.95. The van der Waals surface area contributed by atoms with Crippen LogP contribution in [0.15, 0.2) is 118 Å². The first-order valence-corrected chi connectivity index (χ1v) is 14.1. The summed E-state index contributed by atoms with van der Waals surface area (Å²) in [6.45, 7) is 1.80. The molecule has 204 valence electrons. The van der Waals surface area contributed by atoms with Gasteiger partial charge >= 0.3 is 0 Å². The predicted molar refractivity (Wildman–Crippen MR) is 163 cm³/mol.